The predicted octanol–water partition coefficient (Wildman–Crippen LogP) is 4.81. The van der Waals surface area contributed by atoms with Crippen molar-refractivity contribution in [2.75, 3.05) is 24.3 Å². The normalized spacial score (nSPS) is 11.0. The van der Waals surface area contributed by atoms with E-state index in [0.717, 1.165) is 39.5 Å². The molecule has 5 aromatic rings. The summed E-state index contributed by atoms with van der Waals surface area (Å²) in [5.74, 6) is -0.144. The summed E-state index contributed by atoms with van der Waals surface area (Å²) < 4.78 is 3.92. The molecule has 1 amide bonds. The summed E-state index contributed by atoms with van der Waals surface area (Å²) in [6.07, 6.45) is 7.45. The van der Waals surface area contributed by atoms with Crippen LogP contribution in [0.1, 0.15) is 15.9 Å². The van der Waals surface area contributed by atoms with Crippen LogP contribution in [0.5, 0.6) is 0 Å². The number of benzene rings is 2. The number of fused-ring (bicyclic) bond motifs is 1. The number of hydrogen-bond acceptors (Lipinski definition) is 4. The van der Waals surface area contributed by atoms with Crippen molar-refractivity contribution in [3.63, 3.8) is 0 Å². The third-order valence-corrected chi connectivity index (χ3v) is 5.63. The fourth-order valence-electron chi connectivity index (χ4n) is 3.81. The van der Waals surface area contributed by atoms with E-state index in [4.69, 9.17) is 0 Å². The van der Waals surface area contributed by atoms with E-state index >= 15 is 0 Å². The second-order valence-electron chi connectivity index (χ2n) is 8.14. The van der Waals surface area contributed by atoms with Gasteiger partial charge >= 0.3 is 0 Å². The predicted molar refractivity (Wildman–Crippen MR) is 131 cm³/mol. The van der Waals surface area contributed by atoms with Crippen LogP contribution in [0.4, 0.5) is 11.4 Å². The Hall–Kier alpha value is -4.39. The number of carbonyl (C=O) groups is 1. The van der Waals surface area contributed by atoms with Gasteiger partial charge in [-0.05, 0) is 55.0 Å². The molecule has 0 saturated carbocycles. The van der Waals surface area contributed by atoms with Crippen molar-refractivity contribution in [3.05, 3.63) is 96.6 Å². The highest BCUT2D eigenvalue weighted by molar-refractivity contribution is 6.05. The van der Waals surface area contributed by atoms with Gasteiger partial charge in [-0.15, -0.1) is 0 Å². The van der Waals surface area contributed by atoms with Gasteiger partial charge < -0.3 is 10.2 Å². The summed E-state index contributed by atoms with van der Waals surface area (Å²) >= 11 is 0. The number of pyridine rings is 1. The number of nitrogens with zero attached hydrogens (tertiary/aromatic N) is 5. The van der Waals surface area contributed by atoms with Crippen molar-refractivity contribution in [2.45, 2.75) is 6.92 Å². The zero-order valence-electron chi connectivity index (χ0n) is 18.7. The van der Waals surface area contributed by atoms with Crippen LogP contribution in [0.25, 0.3) is 22.6 Å². The fourth-order valence-corrected chi connectivity index (χ4v) is 3.81. The molecule has 0 atom stereocenters. The number of anilines is 2. The molecule has 7 heteroatoms. The maximum atomic E-state index is 12.9. The van der Waals surface area contributed by atoms with E-state index in [-0.39, 0.29) is 5.91 Å². The van der Waals surface area contributed by atoms with Crippen molar-refractivity contribution in [2.24, 2.45) is 0 Å². The zero-order valence-corrected chi connectivity index (χ0v) is 18.7. The largest absolute Gasteiger partial charge is 0.378 e. The van der Waals surface area contributed by atoms with E-state index in [1.54, 1.807) is 12.4 Å². The molecule has 7 nitrogen and oxygen atoms in total. The van der Waals surface area contributed by atoms with E-state index in [0.29, 0.717) is 5.56 Å². The molecule has 2 aromatic carbocycles. The third-order valence-electron chi connectivity index (χ3n) is 5.63. The molecule has 3 heterocycles. The SMILES string of the molecule is Cc1ccc(NC(=O)c2cccc(N(C)C)c2)cc1-n1ccn2nc(-c3cccnc3)cc12. The quantitative estimate of drug-likeness (QED) is 0.429. The lowest BCUT2D eigenvalue weighted by Gasteiger charge is -2.14. The molecule has 0 aliphatic carbocycles. The third kappa shape index (κ3) is 3.96. The summed E-state index contributed by atoms with van der Waals surface area (Å²) in [6, 6.07) is 19.4. The Bertz CT molecular complexity index is 1450. The molecule has 0 radical (unpaired) electrons. The Kier molecular flexibility index (Phi) is 5.14. The van der Waals surface area contributed by atoms with Crippen LogP contribution in [0.3, 0.4) is 0 Å². The average Bonchev–Trinajstić information content (AvgIpc) is 3.42. The van der Waals surface area contributed by atoms with E-state index in [1.807, 2.05) is 96.6 Å². The van der Waals surface area contributed by atoms with Crippen LogP contribution in [-0.4, -0.2) is 39.2 Å². The van der Waals surface area contributed by atoms with Gasteiger partial charge in [0, 0.05) is 67.5 Å². The highest BCUT2D eigenvalue weighted by Crippen LogP contribution is 2.25. The molecule has 0 unspecified atom stereocenters. The number of aryl methyl sites for hydroxylation is 1. The summed E-state index contributed by atoms with van der Waals surface area (Å²) in [7, 11) is 3.91. The van der Waals surface area contributed by atoms with Crippen molar-refractivity contribution >= 4 is 22.9 Å². The maximum Gasteiger partial charge on any atom is 0.255 e. The Labute approximate surface area is 191 Å². The molecular weight excluding hydrogens is 412 g/mol. The number of carbonyl (C=O) groups excluding carboxylic acids is 1. The van der Waals surface area contributed by atoms with Gasteiger partial charge in [0.2, 0.25) is 0 Å². The van der Waals surface area contributed by atoms with Gasteiger partial charge in [-0.1, -0.05) is 12.1 Å². The number of nitrogens with one attached hydrogen (secondary N) is 1. The molecule has 1 N–H and O–H groups in total. The van der Waals surface area contributed by atoms with Crippen LogP contribution < -0.4 is 10.2 Å². The monoisotopic (exact) mass is 436 g/mol. The van der Waals surface area contributed by atoms with Crippen molar-refractivity contribution in [1.82, 2.24) is 19.2 Å². The van der Waals surface area contributed by atoms with Crippen LogP contribution in [0.2, 0.25) is 0 Å². The minimum Gasteiger partial charge on any atom is -0.378 e. The number of imidazole rings is 1. The first kappa shape index (κ1) is 20.5. The Balaban J connectivity index is 1.47. The lowest BCUT2D eigenvalue weighted by atomic mass is 10.1. The van der Waals surface area contributed by atoms with Crippen LogP contribution in [0, 0.1) is 6.92 Å². The first-order valence-electron chi connectivity index (χ1n) is 10.7. The number of amides is 1. The van der Waals surface area contributed by atoms with Gasteiger partial charge in [0.05, 0.1) is 11.4 Å². The average molecular weight is 437 g/mol. The number of rotatable bonds is 5. The second-order valence-corrected chi connectivity index (χ2v) is 8.14. The molecule has 0 bridgehead atoms. The summed E-state index contributed by atoms with van der Waals surface area (Å²) in [5.41, 5.74) is 7.14. The Morgan fingerprint density at radius 1 is 1.00 bits per heavy atom. The lowest BCUT2D eigenvalue weighted by molar-refractivity contribution is 0.102. The lowest BCUT2D eigenvalue weighted by Crippen LogP contribution is -2.14. The highest BCUT2D eigenvalue weighted by Gasteiger charge is 2.13. The number of aromatic nitrogens is 4. The molecule has 0 saturated heterocycles. The Morgan fingerprint density at radius 3 is 2.67 bits per heavy atom. The molecular formula is C26H24N6O. The molecule has 33 heavy (non-hydrogen) atoms. The summed E-state index contributed by atoms with van der Waals surface area (Å²) in [6.45, 7) is 2.05. The standard InChI is InChI=1S/C26H24N6O/c1-18-9-10-21(28-26(33)19-6-4-8-22(14-19)30(2)3)15-24(18)31-12-13-32-25(31)16-23(29-32)20-7-5-11-27-17-20/h4-17H,1-3H3,(H,28,33). The summed E-state index contributed by atoms with van der Waals surface area (Å²) in [5, 5.41) is 7.71. The van der Waals surface area contributed by atoms with Gasteiger partial charge in [0.25, 0.3) is 5.91 Å². The maximum absolute atomic E-state index is 12.9. The number of hydrogen-bond donors (Lipinski definition) is 1. The zero-order chi connectivity index (χ0) is 22.9. The Morgan fingerprint density at radius 2 is 1.88 bits per heavy atom. The van der Waals surface area contributed by atoms with Gasteiger partial charge in [-0.2, -0.15) is 5.10 Å². The molecule has 0 spiro atoms. The molecule has 0 aliphatic heterocycles. The van der Waals surface area contributed by atoms with E-state index in [2.05, 4.69) is 26.9 Å². The van der Waals surface area contributed by atoms with Gasteiger partial charge in [0.1, 0.15) is 5.65 Å². The van der Waals surface area contributed by atoms with Crippen molar-refractivity contribution in [3.8, 4) is 16.9 Å². The van der Waals surface area contributed by atoms with E-state index in [9.17, 15) is 4.79 Å². The summed E-state index contributed by atoms with van der Waals surface area (Å²) in [4.78, 5) is 19.1. The van der Waals surface area contributed by atoms with E-state index < -0.39 is 0 Å². The first-order valence-corrected chi connectivity index (χ1v) is 10.7. The smallest absolute Gasteiger partial charge is 0.255 e. The molecule has 164 valence electrons. The van der Waals surface area contributed by atoms with Crippen LogP contribution in [-0.2, 0) is 0 Å². The van der Waals surface area contributed by atoms with Crippen molar-refractivity contribution in [1.29, 1.82) is 0 Å². The van der Waals surface area contributed by atoms with Crippen LogP contribution in [0.15, 0.2) is 85.5 Å². The molecule has 0 fully saturated rings. The van der Waals surface area contributed by atoms with E-state index in [1.165, 1.54) is 0 Å². The first-order chi connectivity index (χ1) is 16.0. The van der Waals surface area contributed by atoms with Gasteiger partial charge in [-0.3, -0.25) is 14.3 Å². The minimum absolute atomic E-state index is 0.144. The minimum atomic E-state index is -0.144. The molecule has 0 aliphatic rings. The van der Waals surface area contributed by atoms with Crippen LogP contribution >= 0.6 is 0 Å². The highest BCUT2D eigenvalue weighted by atomic mass is 16.1. The second kappa shape index (κ2) is 8.27. The molecule has 5 rings (SSSR count). The van der Waals surface area contributed by atoms with Gasteiger partial charge in [-0.25, -0.2) is 4.52 Å². The van der Waals surface area contributed by atoms with Crippen molar-refractivity contribution < 1.29 is 4.79 Å². The molecule has 3 aromatic heterocycles. The fraction of sp³-hybridized carbons (Fsp3) is 0.115. The van der Waals surface area contributed by atoms with Gasteiger partial charge in [0.15, 0.2) is 0 Å². The topological polar surface area (TPSA) is 67.5 Å².